The molecule has 0 aliphatic heterocycles. The summed E-state index contributed by atoms with van der Waals surface area (Å²) in [7, 11) is 0. The van der Waals surface area contributed by atoms with E-state index in [1.807, 2.05) is 42.5 Å². The van der Waals surface area contributed by atoms with Crippen molar-refractivity contribution < 1.29 is 4.74 Å². The number of halogens is 2. The molecule has 0 unspecified atom stereocenters. The number of hydrogen-bond donors (Lipinski definition) is 0. The second-order valence-corrected chi connectivity index (χ2v) is 6.13. The molecule has 0 spiro atoms. The summed E-state index contributed by atoms with van der Waals surface area (Å²) < 4.78 is 7.85. The van der Waals surface area contributed by atoms with Crippen LogP contribution in [-0.4, -0.2) is 4.98 Å². The highest BCUT2D eigenvalue weighted by Crippen LogP contribution is 2.35. The van der Waals surface area contributed by atoms with Crippen molar-refractivity contribution in [1.29, 1.82) is 0 Å². The van der Waals surface area contributed by atoms with E-state index in [1.54, 1.807) is 6.20 Å². The van der Waals surface area contributed by atoms with Gasteiger partial charge in [0, 0.05) is 16.1 Å². The Hall–Kier alpha value is -1.39. The fraction of sp³-hybridized carbons (Fsp3) is 0.0625. The molecule has 0 aliphatic carbocycles. The van der Waals surface area contributed by atoms with E-state index in [2.05, 4.69) is 43.8 Å². The van der Waals surface area contributed by atoms with Gasteiger partial charge in [-0.25, -0.2) is 0 Å². The first kappa shape index (κ1) is 13.6. The van der Waals surface area contributed by atoms with E-state index in [-0.39, 0.29) is 0 Å². The van der Waals surface area contributed by atoms with E-state index in [4.69, 9.17) is 4.74 Å². The van der Waals surface area contributed by atoms with E-state index in [1.165, 1.54) is 5.56 Å². The minimum atomic E-state index is 0.750. The predicted molar refractivity (Wildman–Crippen MR) is 88.4 cm³/mol. The number of para-hydroxylation sites is 1. The van der Waals surface area contributed by atoms with Crippen molar-refractivity contribution in [2.24, 2.45) is 0 Å². The fourth-order valence-corrected chi connectivity index (χ4v) is 2.69. The maximum absolute atomic E-state index is 5.94. The average molecular weight is 393 g/mol. The van der Waals surface area contributed by atoms with Crippen LogP contribution in [0.25, 0.3) is 10.9 Å². The van der Waals surface area contributed by atoms with Gasteiger partial charge in [-0.05, 0) is 57.0 Å². The van der Waals surface area contributed by atoms with Gasteiger partial charge in [0.15, 0.2) is 5.75 Å². The zero-order valence-electron chi connectivity index (χ0n) is 10.7. The summed E-state index contributed by atoms with van der Waals surface area (Å²) in [5, 5.41) is 1.02. The zero-order valence-corrected chi connectivity index (χ0v) is 13.9. The van der Waals surface area contributed by atoms with E-state index in [0.717, 1.165) is 31.3 Å². The van der Waals surface area contributed by atoms with Crippen LogP contribution in [0.3, 0.4) is 0 Å². The minimum Gasteiger partial charge on any atom is -0.455 e. The summed E-state index contributed by atoms with van der Waals surface area (Å²) in [6.45, 7) is 2.05. The normalized spacial score (nSPS) is 10.8. The molecule has 0 N–H and O–H groups in total. The van der Waals surface area contributed by atoms with Crippen LogP contribution in [0.5, 0.6) is 11.5 Å². The number of pyridine rings is 1. The summed E-state index contributed by atoms with van der Waals surface area (Å²) in [6, 6.07) is 13.9. The van der Waals surface area contributed by atoms with Gasteiger partial charge in [0.2, 0.25) is 0 Å². The van der Waals surface area contributed by atoms with Crippen molar-refractivity contribution in [2.75, 3.05) is 0 Å². The molecule has 0 saturated carbocycles. The Kier molecular flexibility index (Phi) is 3.76. The smallest absolute Gasteiger partial charge is 0.153 e. The first-order chi connectivity index (χ1) is 9.65. The lowest BCUT2D eigenvalue weighted by atomic mass is 10.2. The maximum Gasteiger partial charge on any atom is 0.153 e. The van der Waals surface area contributed by atoms with Crippen LogP contribution in [0, 0.1) is 6.92 Å². The van der Waals surface area contributed by atoms with E-state index in [9.17, 15) is 0 Å². The van der Waals surface area contributed by atoms with Crippen molar-refractivity contribution >= 4 is 42.8 Å². The lowest BCUT2D eigenvalue weighted by Crippen LogP contribution is -1.89. The van der Waals surface area contributed by atoms with Crippen LogP contribution in [-0.2, 0) is 0 Å². The standard InChI is InChI=1S/C16H11Br2NO/c1-10-5-7-11(8-6-10)20-14-4-2-3-12-15(18)13(17)9-19-16(12)14/h2-9H,1H3. The Morgan fingerprint density at radius 3 is 2.50 bits per heavy atom. The van der Waals surface area contributed by atoms with Gasteiger partial charge >= 0.3 is 0 Å². The molecule has 4 heteroatoms. The van der Waals surface area contributed by atoms with Gasteiger partial charge in [0.05, 0.1) is 4.47 Å². The van der Waals surface area contributed by atoms with Gasteiger partial charge in [-0.1, -0.05) is 29.8 Å². The fourth-order valence-electron chi connectivity index (χ4n) is 1.95. The average Bonchev–Trinajstić information content (AvgIpc) is 2.46. The van der Waals surface area contributed by atoms with Crippen LogP contribution >= 0.6 is 31.9 Å². The third kappa shape index (κ3) is 2.58. The van der Waals surface area contributed by atoms with E-state index < -0.39 is 0 Å². The molecule has 1 aromatic heterocycles. The summed E-state index contributed by atoms with van der Waals surface area (Å²) in [4.78, 5) is 4.45. The zero-order chi connectivity index (χ0) is 14.1. The van der Waals surface area contributed by atoms with Crippen molar-refractivity contribution in [3.05, 3.63) is 63.2 Å². The molecule has 0 fully saturated rings. The largest absolute Gasteiger partial charge is 0.455 e. The summed E-state index contributed by atoms with van der Waals surface area (Å²) in [6.07, 6.45) is 1.77. The number of aromatic nitrogens is 1. The highest BCUT2D eigenvalue weighted by atomic mass is 79.9. The molecule has 1 heterocycles. The van der Waals surface area contributed by atoms with Crippen molar-refractivity contribution in [3.63, 3.8) is 0 Å². The van der Waals surface area contributed by atoms with Crippen LogP contribution in [0.2, 0.25) is 0 Å². The van der Waals surface area contributed by atoms with Gasteiger partial charge < -0.3 is 4.74 Å². The Morgan fingerprint density at radius 1 is 1.00 bits per heavy atom. The second-order valence-electron chi connectivity index (χ2n) is 4.49. The molecule has 0 aliphatic rings. The Morgan fingerprint density at radius 2 is 1.75 bits per heavy atom. The molecular weight excluding hydrogens is 382 g/mol. The quantitative estimate of drug-likeness (QED) is 0.544. The summed E-state index contributed by atoms with van der Waals surface area (Å²) >= 11 is 7.03. The number of hydrogen-bond acceptors (Lipinski definition) is 2. The van der Waals surface area contributed by atoms with Crippen LogP contribution in [0.15, 0.2) is 57.6 Å². The molecule has 0 radical (unpaired) electrons. The number of benzene rings is 2. The van der Waals surface area contributed by atoms with Crippen LogP contribution in [0.1, 0.15) is 5.56 Å². The van der Waals surface area contributed by atoms with Crippen LogP contribution < -0.4 is 4.74 Å². The Labute approximate surface area is 134 Å². The van der Waals surface area contributed by atoms with Gasteiger partial charge in [-0.3, -0.25) is 4.98 Å². The van der Waals surface area contributed by atoms with E-state index >= 15 is 0 Å². The highest BCUT2D eigenvalue weighted by Gasteiger charge is 2.09. The van der Waals surface area contributed by atoms with E-state index in [0.29, 0.717) is 0 Å². The number of ether oxygens (including phenoxy) is 1. The third-order valence-electron chi connectivity index (χ3n) is 3.00. The number of aryl methyl sites for hydroxylation is 1. The molecule has 2 aromatic carbocycles. The molecule has 0 saturated heterocycles. The SMILES string of the molecule is Cc1ccc(Oc2cccc3c(Br)c(Br)cnc23)cc1. The summed E-state index contributed by atoms with van der Waals surface area (Å²) in [5.74, 6) is 1.56. The van der Waals surface area contributed by atoms with Gasteiger partial charge in [0.25, 0.3) is 0 Å². The molecule has 3 rings (SSSR count). The number of rotatable bonds is 2. The highest BCUT2D eigenvalue weighted by molar-refractivity contribution is 9.13. The molecule has 20 heavy (non-hydrogen) atoms. The van der Waals surface area contributed by atoms with Gasteiger partial charge in [-0.15, -0.1) is 0 Å². The first-order valence-electron chi connectivity index (χ1n) is 6.12. The van der Waals surface area contributed by atoms with Gasteiger partial charge in [0.1, 0.15) is 11.3 Å². The number of fused-ring (bicyclic) bond motifs is 1. The molecular formula is C16H11Br2NO. The molecule has 0 bridgehead atoms. The second kappa shape index (κ2) is 5.54. The molecule has 3 aromatic rings. The molecule has 0 amide bonds. The maximum atomic E-state index is 5.94. The minimum absolute atomic E-state index is 0.750. The van der Waals surface area contributed by atoms with Crippen LogP contribution in [0.4, 0.5) is 0 Å². The number of nitrogens with zero attached hydrogens (tertiary/aromatic N) is 1. The monoisotopic (exact) mass is 391 g/mol. The van der Waals surface area contributed by atoms with Crippen molar-refractivity contribution in [1.82, 2.24) is 4.98 Å². The first-order valence-corrected chi connectivity index (χ1v) is 7.71. The molecule has 100 valence electrons. The lowest BCUT2D eigenvalue weighted by molar-refractivity contribution is 0.487. The Bertz CT molecular complexity index is 769. The lowest BCUT2D eigenvalue weighted by Gasteiger charge is -2.10. The third-order valence-corrected chi connectivity index (χ3v) is 4.99. The van der Waals surface area contributed by atoms with Crippen molar-refractivity contribution in [3.8, 4) is 11.5 Å². The predicted octanol–water partition coefficient (Wildman–Crippen LogP) is 5.86. The topological polar surface area (TPSA) is 22.1 Å². The Balaban J connectivity index is 2.08. The molecule has 2 nitrogen and oxygen atoms in total. The molecule has 0 atom stereocenters. The summed E-state index contributed by atoms with van der Waals surface area (Å²) in [5.41, 5.74) is 2.04. The van der Waals surface area contributed by atoms with Gasteiger partial charge in [-0.2, -0.15) is 0 Å². The van der Waals surface area contributed by atoms with Crippen molar-refractivity contribution in [2.45, 2.75) is 6.92 Å².